The minimum absolute atomic E-state index is 0.00366. The molecule has 4 amide bonds. The van der Waals surface area contributed by atoms with Gasteiger partial charge in [-0.2, -0.15) is 12.7 Å². The fourth-order valence-electron chi connectivity index (χ4n) is 9.17. The van der Waals surface area contributed by atoms with E-state index >= 15 is 0 Å². The van der Waals surface area contributed by atoms with Crippen molar-refractivity contribution < 1.29 is 41.8 Å². The smallest absolute Gasteiger partial charge is 0.307 e. The molecule has 5 N–H and O–H groups in total. The van der Waals surface area contributed by atoms with Crippen molar-refractivity contribution in [3.8, 4) is 11.3 Å². The van der Waals surface area contributed by atoms with Gasteiger partial charge in [0.15, 0.2) is 5.13 Å². The maximum Gasteiger partial charge on any atom is 0.307 e. The zero-order valence-electron chi connectivity index (χ0n) is 38.4. The van der Waals surface area contributed by atoms with Gasteiger partial charge in [0.1, 0.15) is 11.9 Å². The van der Waals surface area contributed by atoms with Crippen molar-refractivity contribution >= 4 is 78.3 Å². The fourth-order valence-corrected chi connectivity index (χ4v) is 11.2. The quantitative estimate of drug-likeness (QED) is 0.0616. The molecule has 5 aromatic rings. The highest BCUT2D eigenvalue weighted by Crippen LogP contribution is 2.43. The van der Waals surface area contributed by atoms with Gasteiger partial charge in [-0.1, -0.05) is 30.3 Å². The summed E-state index contributed by atoms with van der Waals surface area (Å²) in [6.07, 6.45) is 3.58. The third kappa shape index (κ3) is 10.5. The summed E-state index contributed by atoms with van der Waals surface area (Å²) in [6.45, 7) is 6.40. The number of halogens is 1. The first-order valence-electron chi connectivity index (χ1n) is 22.8. The largest absolute Gasteiger partial charge is 0.372 e. The van der Waals surface area contributed by atoms with Gasteiger partial charge >= 0.3 is 10.2 Å². The number of aliphatic hydroxyl groups excluding tert-OH is 1. The second-order valence-corrected chi connectivity index (χ2v) is 20.3. The maximum absolute atomic E-state index is 14.8. The van der Waals surface area contributed by atoms with E-state index in [1.165, 1.54) is 29.7 Å². The molecule has 3 aliphatic heterocycles. The fraction of sp³-hybridized carbons (Fsp3) is 0.426. The van der Waals surface area contributed by atoms with Crippen molar-refractivity contribution in [2.24, 2.45) is 0 Å². The Bertz CT molecular complexity index is 2790. The molecule has 0 saturated carbocycles. The van der Waals surface area contributed by atoms with Gasteiger partial charge in [-0.05, 0) is 94.9 Å². The average Bonchev–Trinajstić information content (AvgIpc) is 4.01. The van der Waals surface area contributed by atoms with E-state index in [9.17, 15) is 37.1 Å². The maximum atomic E-state index is 14.8. The number of piperidine rings is 1. The van der Waals surface area contributed by atoms with Crippen LogP contribution in [-0.4, -0.2) is 128 Å². The zero-order chi connectivity index (χ0) is 48.3. The number of carbonyl (C=O) groups excluding carboxylic acids is 4. The van der Waals surface area contributed by atoms with Crippen LogP contribution in [0.4, 0.5) is 26.6 Å². The second-order valence-electron chi connectivity index (χ2n) is 17.5. The van der Waals surface area contributed by atoms with Crippen LogP contribution in [0.3, 0.4) is 0 Å². The molecule has 3 aromatic carbocycles. The first-order valence-corrected chi connectivity index (χ1v) is 25.0. The number of morpholine rings is 1. The summed E-state index contributed by atoms with van der Waals surface area (Å²) in [5, 5.41) is 24.6. The number of rotatable bonds is 18. The third-order valence-corrected chi connectivity index (χ3v) is 15.0. The number of carbonyl (C=O) groups is 4. The molecule has 0 spiro atoms. The molecule has 0 aliphatic carbocycles. The Morgan fingerprint density at radius 1 is 1.03 bits per heavy atom. The minimum atomic E-state index is -4.08. The van der Waals surface area contributed by atoms with Crippen LogP contribution in [0.1, 0.15) is 61.9 Å². The van der Waals surface area contributed by atoms with Gasteiger partial charge in [0.05, 0.1) is 46.9 Å². The van der Waals surface area contributed by atoms with Gasteiger partial charge in [-0.3, -0.25) is 24.5 Å². The normalized spacial score (nSPS) is 19.7. The monoisotopic (exact) mass is 972 g/mol. The number of aliphatic hydroxyl groups is 1. The van der Waals surface area contributed by atoms with E-state index in [0.29, 0.717) is 73.3 Å². The molecule has 18 nitrogen and oxygen atoms in total. The van der Waals surface area contributed by atoms with Crippen molar-refractivity contribution in [3.05, 3.63) is 89.2 Å². The Morgan fingerprint density at radius 3 is 2.57 bits per heavy atom. The molecule has 362 valence electrons. The predicted octanol–water partition coefficient (Wildman–Crippen LogP) is 4.25. The molecule has 2 unspecified atom stereocenters. The Hall–Kier alpha value is -5.97. The van der Waals surface area contributed by atoms with Gasteiger partial charge in [-0.15, -0.1) is 11.3 Å². The number of hydrogen-bond acceptors (Lipinski definition) is 14. The number of fused-ring (bicyclic) bond motifs is 2. The van der Waals surface area contributed by atoms with E-state index in [2.05, 4.69) is 31.2 Å². The van der Waals surface area contributed by atoms with E-state index < -0.39 is 52.7 Å². The van der Waals surface area contributed by atoms with Crippen LogP contribution in [0.15, 0.2) is 72.2 Å². The topological polar surface area (TPSA) is 211 Å². The molecule has 0 radical (unpaired) electrons. The Morgan fingerprint density at radius 2 is 1.79 bits per heavy atom. The highest BCUT2D eigenvalue weighted by molar-refractivity contribution is 7.87. The van der Waals surface area contributed by atoms with Gasteiger partial charge < -0.3 is 40.5 Å². The summed E-state index contributed by atoms with van der Waals surface area (Å²) in [6, 6.07) is 16.5. The third-order valence-electron chi connectivity index (χ3n) is 12.4. The van der Waals surface area contributed by atoms with Crippen molar-refractivity contribution in [1.29, 1.82) is 0 Å². The lowest BCUT2D eigenvalue weighted by molar-refractivity contribution is -0.134. The number of thiazole rings is 1. The van der Waals surface area contributed by atoms with Crippen LogP contribution >= 0.6 is 11.3 Å². The highest BCUT2D eigenvalue weighted by Gasteiger charge is 2.42. The van der Waals surface area contributed by atoms with Gasteiger partial charge in [-0.25, -0.2) is 13.3 Å². The number of amides is 4. The van der Waals surface area contributed by atoms with Crippen LogP contribution in [0.25, 0.3) is 22.2 Å². The minimum Gasteiger partial charge on any atom is -0.372 e. The van der Waals surface area contributed by atoms with Crippen molar-refractivity contribution in [2.45, 2.75) is 77.0 Å². The van der Waals surface area contributed by atoms with E-state index in [4.69, 9.17) is 4.74 Å². The van der Waals surface area contributed by atoms with Crippen molar-refractivity contribution in [2.75, 3.05) is 73.4 Å². The Kier molecular flexibility index (Phi) is 14.8. The number of para-hydroxylation sites is 2. The molecule has 2 fully saturated rings. The van der Waals surface area contributed by atoms with Gasteiger partial charge in [0, 0.05) is 68.4 Å². The number of unbranched alkanes of at least 4 members (excludes halogenated alkanes) is 1. The number of anilines is 4. The Balaban J connectivity index is 0.798. The van der Waals surface area contributed by atoms with Crippen LogP contribution in [0.2, 0.25) is 0 Å². The molecule has 68 heavy (non-hydrogen) atoms. The Labute approximate surface area is 398 Å². The SMILES string of the molecule is C[C@@H]1CN(c2cc(F)cc(-c3csc(NC(=O)CNC(=O)c4cn(S(=O)(=O)N(C)CCCCNCCCc5cccc6c5N(C)C(O)N6C5CCC(=O)NC5=O)c5ccccc45)n3)c2)C[C@H](C)O1. The number of hydrogen-bond donors (Lipinski definition) is 5. The molecule has 5 heterocycles. The molecular formula is C47H57FN10O8S2. The first-order chi connectivity index (χ1) is 32.6. The summed E-state index contributed by atoms with van der Waals surface area (Å²) in [4.78, 5) is 60.9. The van der Waals surface area contributed by atoms with Crippen LogP contribution in [-0.2, 0) is 35.8 Å². The summed E-state index contributed by atoms with van der Waals surface area (Å²) in [5.74, 6) is -2.31. The predicted molar refractivity (Wildman–Crippen MR) is 260 cm³/mol. The second kappa shape index (κ2) is 20.7. The number of nitrogens with one attached hydrogen (secondary N) is 4. The van der Waals surface area contributed by atoms with Crippen molar-refractivity contribution in [3.63, 3.8) is 0 Å². The lowest BCUT2D eigenvalue weighted by atomic mass is 10.0. The zero-order valence-corrected chi connectivity index (χ0v) is 40.0. The molecule has 2 saturated heterocycles. The van der Waals surface area contributed by atoms with E-state index in [1.54, 1.807) is 46.5 Å². The molecule has 2 aromatic heterocycles. The number of benzene rings is 3. The number of imide groups is 1. The van der Waals surface area contributed by atoms with Gasteiger partial charge in [0.2, 0.25) is 24.1 Å². The summed E-state index contributed by atoms with van der Waals surface area (Å²) in [5.41, 5.74) is 4.80. The molecule has 4 atom stereocenters. The van der Waals surface area contributed by atoms with Crippen LogP contribution < -0.4 is 36.0 Å². The lowest BCUT2D eigenvalue weighted by Crippen LogP contribution is -2.56. The molecular weight excluding hydrogens is 916 g/mol. The lowest BCUT2D eigenvalue weighted by Gasteiger charge is -2.37. The number of aromatic nitrogens is 2. The van der Waals surface area contributed by atoms with E-state index in [-0.39, 0.29) is 41.8 Å². The molecule has 3 aliphatic rings. The van der Waals surface area contributed by atoms with Gasteiger partial charge in [0.25, 0.3) is 5.91 Å². The summed E-state index contributed by atoms with van der Waals surface area (Å²) < 4.78 is 50.7. The first kappa shape index (κ1) is 48.5. The number of aryl methyl sites for hydroxylation is 1. The van der Waals surface area contributed by atoms with E-state index in [0.717, 1.165) is 45.1 Å². The van der Waals surface area contributed by atoms with Crippen LogP contribution in [0, 0.1) is 5.82 Å². The summed E-state index contributed by atoms with van der Waals surface area (Å²) in [7, 11) is -0.798. The standard InChI is InChI=1S/C47H57FN10O8S2/c1-29-25-56(26-30(2)66-29)34-22-32(21-33(48)23-34)37-28-67-46(51-37)53-42(60)24-50-44(61)36-27-57(38-14-6-5-13-35(36)38)68(64,65)54(3)20-8-7-18-49-19-10-12-31-11-9-15-39-43(31)55(4)47(63)58(39)40-16-17-41(59)52-45(40)62/h5-6,9,11,13-15,21-23,27-30,40,47,49,63H,7-8,10,12,16-20,24-26H2,1-4H3,(H,50,61)(H,51,53,60)(H,52,59,62)/t29-,30+,40?,47?. The number of ether oxygens (including phenoxy) is 1. The van der Waals surface area contributed by atoms with Crippen LogP contribution in [0.5, 0.6) is 0 Å². The molecule has 0 bridgehead atoms. The number of nitrogens with zero attached hydrogens (tertiary/aromatic N) is 6. The summed E-state index contributed by atoms with van der Waals surface area (Å²) >= 11 is 1.16. The average molecular weight is 973 g/mol. The molecule has 21 heteroatoms. The highest BCUT2D eigenvalue weighted by atomic mass is 32.2. The van der Waals surface area contributed by atoms with E-state index in [1.807, 2.05) is 38.1 Å². The molecule has 8 rings (SSSR count). The van der Waals surface area contributed by atoms with Crippen molar-refractivity contribution in [1.82, 2.24) is 29.2 Å².